The number of benzene rings is 3. The van der Waals surface area contributed by atoms with Gasteiger partial charge in [0, 0.05) is 35.0 Å². The van der Waals surface area contributed by atoms with Gasteiger partial charge in [-0.15, -0.1) is 0 Å². The van der Waals surface area contributed by atoms with Crippen LogP contribution >= 0.6 is 0 Å². The van der Waals surface area contributed by atoms with Gasteiger partial charge in [-0.2, -0.15) is 0 Å². The second-order valence-corrected chi connectivity index (χ2v) is 15.4. The van der Waals surface area contributed by atoms with Crippen LogP contribution in [0.2, 0.25) is 0 Å². The molecule has 0 radical (unpaired) electrons. The molecular formula is C36H39IO7S. The lowest BCUT2D eigenvalue weighted by Gasteiger charge is -2.08. The second kappa shape index (κ2) is 17.4. The summed E-state index contributed by atoms with van der Waals surface area (Å²) in [6.07, 6.45) is 14.0. The summed E-state index contributed by atoms with van der Waals surface area (Å²) in [5.41, 5.74) is 1.61. The van der Waals surface area contributed by atoms with E-state index in [-0.39, 0.29) is 16.1 Å². The lowest BCUT2D eigenvalue weighted by atomic mass is 10.0. The van der Waals surface area contributed by atoms with Crippen molar-refractivity contribution in [3.05, 3.63) is 118 Å². The largest absolute Gasteiger partial charge is 0.744 e. The molecule has 9 heteroatoms. The monoisotopic (exact) mass is 742 g/mol. The molecule has 7 nitrogen and oxygen atoms in total. The Kier molecular flexibility index (Phi) is 13.4. The molecule has 0 aliphatic carbocycles. The Balaban J connectivity index is 0.000000205. The van der Waals surface area contributed by atoms with E-state index in [4.69, 9.17) is 8.83 Å². The number of hydrogen-bond donors (Lipinski definition) is 0. The van der Waals surface area contributed by atoms with Crippen molar-refractivity contribution in [3.8, 4) is 0 Å². The number of aryl methyl sites for hydroxylation is 1. The first-order valence-corrected chi connectivity index (χ1v) is 19.1. The van der Waals surface area contributed by atoms with Crippen LogP contribution in [-0.2, 0) is 16.5 Å². The Bertz CT molecular complexity index is 1800. The fourth-order valence-electron chi connectivity index (χ4n) is 4.95. The third kappa shape index (κ3) is 11.5. The number of halogens is 1. The van der Waals surface area contributed by atoms with Crippen molar-refractivity contribution in [1.82, 2.24) is 0 Å². The van der Waals surface area contributed by atoms with Gasteiger partial charge in [0.25, 0.3) is 0 Å². The van der Waals surface area contributed by atoms with Gasteiger partial charge < -0.3 is 13.4 Å². The second-order valence-electron chi connectivity index (χ2n) is 11.0. The smallest absolute Gasteiger partial charge is 0.358 e. The predicted octanol–water partition coefficient (Wildman–Crippen LogP) is 5.08. The Labute approximate surface area is 274 Å². The molecule has 2 aromatic heterocycles. The van der Waals surface area contributed by atoms with E-state index in [0.29, 0.717) is 11.2 Å². The third-order valence-electron chi connectivity index (χ3n) is 7.42. The number of unbranched alkanes of at least 4 members (excludes halogenated alkanes) is 9. The zero-order chi connectivity index (χ0) is 32.1. The van der Waals surface area contributed by atoms with E-state index in [1.807, 2.05) is 36.4 Å². The number of hydrogen-bond acceptors (Lipinski definition) is 7. The summed E-state index contributed by atoms with van der Waals surface area (Å²) in [7, 11) is -4.31. The molecule has 5 aromatic rings. The van der Waals surface area contributed by atoms with Crippen molar-refractivity contribution in [3.63, 3.8) is 0 Å². The minimum absolute atomic E-state index is 0.140. The van der Waals surface area contributed by atoms with E-state index >= 15 is 0 Å². The molecule has 0 bridgehead atoms. The van der Waals surface area contributed by atoms with Crippen molar-refractivity contribution >= 4 is 32.1 Å². The van der Waals surface area contributed by atoms with E-state index in [1.165, 1.54) is 82.1 Å². The van der Waals surface area contributed by atoms with Crippen molar-refractivity contribution in [2.24, 2.45) is 0 Å². The molecule has 0 fully saturated rings. The molecule has 45 heavy (non-hydrogen) atoms. The Morgan fingerprint density at radius 3 is 1.51 bits per heavy atom. The van der Waals surface area contributed by atoms with Crippen LogP contribution in [-0.4, -0.2) is 13.0 Å². The van der Waals surface area contributed by atoms with Crippen molar-refractivity contribution in [2.45, 2.75) is 82.4 Å². The molecule has 0 unspecified atom stereocenters. The Hall–Kier alpha value is -3.28. The maximum atomic E-state index is 11.3. The normalized spacial score (nSPS) is 11.4. The van der Waals surface area contributed by atoms with E-state index in [2.05, 4.69) is 6.92 Å². The predicted molar refractivity (Wildman–Crippen MR) is 172 cm³/mol. The first-order chi connectivity index (χ1) is 21.7. The van der Waals surface area contributed by atoms with Gasteiger partial charge in [-0.3, -0.25) is 0 Å². The van der Waals surface area contributed by atoms with E-state index in [1.54, 1.807) is 24.3 Å². The van der Waals surface area contributed by atoms with Gasteiger partial charge in [0.15, 0.2) is 7.14 Å². The molecule has 0 aliphatic rings. The van der Waals surface area contributed by atoms with Crippen LogP contribution in [0.5, 0.6) is 0 Å². The van der Waals surface area contributed by atoms with Crippen molar-refractivity contribution in [2.75, 3.05) is 0 Å². The zero-order valence-corrected chi connectivity index (χ0v) is 28.5. The van der Waals surface area contributed by atoms with Crippen LogP contribution in [0.25, 0.3) is 21.9 Å². The standard InChI is InChI=1S/C18H10IO4.C18H30O3S/c20-17-7-3-11-1-5-13(9-15(11)22-17)19-14-6-2-12-4-8-18(21)23-16(12)10-14;1-2-3-4-5-6-7-8-9-10-11-12-17-13-15-18(16-14-17)22(19,20)21/h1-10H;13-16H,2-12H2,1H3,(H,19,20,21)/q+1;/p-1. The molecule has 2 heterocycles. The van der Waals surface area contributed by atoms with Gasteiger partial charge >= 0.3 is 32.5 Å². The van der Waals surface area contributed by atoms with E-state index in [0.717, 1.165) is 36.3 Å². The van der Waals surface area contributed by atoms with Crippen LogP contribution in [0.4, 0.5) is 0 Å². The van der Waals surface area contributed by atoms with Crippen LogP contribution in [0.1, 0.15) is 76.7 Å². The minimum Gasteiger partial charge on any atom is -0.744 e. The summed E-state index contributed by atoms with van der Waals surface area (Å²) in [6.45, 7) is 2.24. The lowest BCUT2D eigenvalue weighted by molar-refractivity contribution is -0.597. The molecule has 238 valence electrons. The summed E-state index contributed by atoms with van der Waals surface area (Å²) in [4.78, 5) is 22.5. The summed E-state index contributed by atoms with van der Waals surface area (Å²) >= 11 is -0.465. The SMILES string of the molecule is CCCCCCCCCCCCc1ccc(S(=O)(=O)[O-])cc1.O=c1ccc2ccc([I+]c3ccc4ccc(=O)oc4c3)cc2o1. The Morgan fingerprint density at radius 1 is 0.600 bits per heavy atom. The highest BCUT2D eigenvalue weighted by Crippen LogP contribution is 2.15. The zero-order valence-electron chi connectivity index (χ0n) is 25.5. The molecule has 0 aliphatic heterocycles. The number of rotatable bonds is 14. The van der Waals surface area contributed by atoms with Gasteiger partial charge in [0.1, 0.15) is 21.3 Å². The molecule has 0 saturated carbocycles. The molecule has 0 N–H and O–H groups in total. The van der Waals surface area contributed by atoms with Gasteiger partial charge in [-0.25, -0.2) is 18.0 Å². The third-order valence-corrected chi connectivity index (χ3v) is 10.9. The average Bonchev–Trinajstić information content (AvgIpc) is 3.02. The highest BCUT2D eigenvalue weighted by molar-refractivity contribution is 7.85. The molecule has 0 atom stereocenters. The maximum absolute atomic E-state index is 11.3. The number of fused-ring (bicyclic) bond motifs is 2. The van der Waals surface area contributed by atoms with Crippen LogP contribution in [0, 0.1) is 7.14 Å². The molecule has 5 rings (SSSR count). The molecule has 0 spiro atoms. The van der Waals surface area contributed by atoms with Crippen molar-refractivity contribution < 1.29 is 43.0 Å². The summed E-state index contributed by atoms with van der Waals surface area (Å²) in [5, 5.41) is 1.81. The van der Waals surface area contributed by atoms with Crippen LogP contribution in [0.3, 0.4) is 0 Å². The molecule has 3 aromatic carbocycles. The molecule has 0 saturated heterocycles. The Morgan fingerprint density at radius 2 is 1.04 bits per heavy atom. The fourth-order valence-corrected chi connectivity index (χ4v) is 7.74. The van der Waals surface area contributed by atoms with Gasteiger partial charge in [-0.05, 0) is 66.9 Å². The summed E-state index contributed by atoms with van der Waals surface area (Å²) < 4.78 is 45.2. The lowest BCUT2D eigenvalue weighted by Crippen LogP contribution is -3.61. The minimum atomic E-state index is -4.31. The topological polar surface area (TPSA) is 118 Å². The van der Waals surface area contributed by atoms with Crippen LogP contribution in [0.15, 0.2) is 108 Å². The molecule has 0 amide bonds. The van der Waals surface area contributed by atoms with Gasteiger partial charge in [0.05, 0.1) is 4.90 Å². The summed E-state index contributed by atoms with van der Waals surface area (Å²) in [6, 6.07) is 24.5. The van der Waals surface area contributed by atoms with E-state index < -0.39 is 31.3 Å². The molecular weight excluding hydrogens is 703 g/mol. The summed E-state index contributed by atoms with van der Waals surface area (Å²) in [5.74, 6) is 0. The maximum Gasteiger partial charge on any atom is 0.358 e. The van der Waals surface area contributed by atoms with Crippen LogP contribution < -0.4 is 32.5 Å². The van der Waals surface area contributed by atoms with E-state index in [9.17, 15) is 22.6 Å². The first-order valence-electron chi connectivity index (χ1n) is 15.5. The van der Waals surface area contributed by atoms with Crippen molar-refractivity contribution in [1.29, 1.82) is 0 Å². The quantitative estimate of drug-likeness (QED) is 0.0675. The van der Waals surface area contributed by atoms with Gasteiger partial charge in [0.2, 0.25) is 0 Å². The highest BCUT2D eigenvalue weighted by Gasteiger charge is 2.18. The first kappa shape index (κ1) is 34.6. The fraction of sp³-hybridized carbons (Fsp3) is 0.333. The van der Waals surface area contributed by atoms with Gasteiger partial charge in [-0.1, -0.05) is 76.8 Å². The highest BCUT2D eigenvalue weighted by atomic mass is 127. The average molecular weight is 743 g/mol.